The lowest BCUT2D eigenvalue weighted by Gasteiger charge is -2.25. The van der Waals surface area contributed by atoms with E-state index in [1.807, 2.05) is 0 Å². The smallest absolute Gasteiger partial charge is 0.272 e. The maximum Gasteiger partial charge on any atom is 0.272 e. The fourth-order valence-corrected chi connectivity index (χ4v) is 5.38. The summed E-state index contributed by atoms with van der Waals surface area (Å²) in [6.45, 7) is 2.74. The number of anilines is 1. The highest BCUT2D eigenvalue weighted by Gasteiger charge is 2.30. The number of rotatable bonds is 5. The van der Waals surface area contributed by atoms with Crippen molar-refractivity contribution < 1.29 is 17.9 Å². The lowest BCUT2D eigenvalue weighted by molar-refractivity contribution is 0.101. The van der Waals surface area contributed by atoms with Gasteiger partial charge in [-0.1, -0.05) is 18.0 Å². The molecule has 0 aliphatic carbocycles. The fraction of sp³-hybridized carbons (Fsp3) is 0.421. The molecule has 1 aliphatic rings. The Labute approximate surface area is 170 Å². The minimum atomic E-state index is -3.62. The van der Waals surface area contributed by atoms with E-state index in [1.54, 1.807) is 36.7 Å². The highest BCUT2D eigenvalue weighted by Crippen LogP contribution is 2.29. The molecule has 1 fully saturated rings. The number of methoxy groups -OCH3 is 1. The van der Waals surface area contributed by atoms with Crippen molar-refractivity contribution in [2.24, 2.45) is 7.05 Å². The number of aromatic nitrogens is 1. The van der Waals surface area contributed by atoms with Crippen molar-refractivity contribution in [3.63, 3.8) is 0 Å². The van der Waals surface area contributed by atoms with E-state index in [9.17, 15) is 13.2 Å². The maximum atomic E-state index is 13.0. The SMILES string of the molecule is COc1ccc(NC(=O)c2cc(S(=O)(=O)N3CCCCC3)c(C)n2C)cc1Cl. The first-order valence-electron chi connectivity index (χ1n) is 9.07. The normalized spacial score (nSPS) is 15.4. The molecule has 0 radical (unpaired) electrons. The van der Waals surface area contributed by atoms with E-state index in [2.05, 4.69) is 5.32 Å². The van der Waals surface area contributed by atoms with E-state index < -0.39 is 15.9 Å². The summed E-state index contributed by atoms with van der Waals surface area (Å²) >= 11 is 6.10. The quantitative estimate of drug-likeness (QED) is 0.795. The number of carbonyl (C=O) groups is 1. The summed E-state index contributed by atoms with van der Waals surface area (Å²) in [6.07, 6.45) is 2.76. The monoisotopic (exact) mass is 425 g/mol. The summed E-state index contributed by atoms with van der Waals surface area (Å²) in [5.41, 5.74) is 1.29. The predicted molar refractivity (Wildman–Crippen MR) is 109 cm³/mol. The van der Waals surface area contributed by atoms with Crippen LogP contribution in [0.25, 0.3) is 0 Å². The molecule has 1 aromatic carbocycles. The standard InChI is InChI=1S/C19H24ClN3O4S/c1-13-18(28(25,26)23-9-5-4-6-10-23)12-16(22(13)2)19(24)21-14-7-8-17(27-3)15(20)11-14/h7-8,11-12H,4-6,9-10H2,1-3H3,(H,21,24). The molecule has 28 heavy (non-hydrogen) atoms. The number of hydrogen-bond donors (Lipinski definition) is 1. The average Bonchev–Trinajstić information content (AvgIpc) is 2.98. The molecule has 2 heterocycles. The van der Waals surface area contributed by atoms with Crippen molar-refractivity contribution in [3.8, 4) is 5.75 Å². The van der Waals surface area contributed by atoms with Crippen LogP contribution in [0.2, 0.25) is 5.02 Å². The Balaban J connectivity index is 1.88. The molecule has 1 aliphatic heterocycles. The van der Waals surface area contributed by atoms with E-state index >= 15 is 0 Å². The van der Waals surface area contributed by atoms with Gasteiger partial charge in [0, 0.05) is 31.5 Å². The van der Waals surface area contributed by atoms with Gasteiger partial charge in [0.1, 0.15) is 16.3 Å². The Morgan fingerprint density at radius 2 is 1.86 bits per heavy atom. The van der Waals surface area contributed by atoms with Gasteiger partial charge in [0.15, 0.2) is 0 Å². The molecule has 3 rings (SSSR count). The highest BCUT2D eigenvalue weighted by atomic mass is 35.5. The van der Waals surface area contributed by atoms with Gasteiger partial charge >= 0.3 is 0 Å². The highest BCUT2D eigenvalue weighted by molar-refractivity contribution is 7.89. The molecule has 1 aromatic heterocycles. The van der Waals surface area contributed by atoms with Crippen LogP contribution in [0.5, 0.6) is 5.75 Å². The molecular weight excluding hydrogens is 402 g/mol. The average molecular weight is 426 g/mol. The van der Waals surface area contributed by atoms with Crippen molar-refractivity contribution in [3.05, 3.63) is 40.7 Å². The van der Waals surface area contributed by atoms with Gasteiger partial charge in [-0.2, -0.15) is 4.31 Å². The number of carbonyl (C=O) groups excluding carboxylic acids is 1. The third-order valence-corrected chi connectivity index (χ3v) is 7.37. The van der Waals surface area contributed by atoms with E-state index in [1.165, 1.54) is 17.5 Å². The van der Waals surface area contributed by atoms with Gasteiger partial charge < -0.3 is 14.6 Å². The molecule has 152 valence electrons. The molecule has 0 bridgehead atoms. The number of amides is 1. The van der Waals surface area contributed by atoms with Crippen LogP contribution in [-0.2, 0) is 17.1 Å². The summed E-state index contributed by atoms with van der Waals surface area (Å²) in [5.74, 6) is 0.0937. The Morgan fingerprint density at radius 3 is 2.46 bits per heavy atom. The van der Waals surface area contributed by atoms with E-state index in [4.69, 9.17) is 16.3 Å². The van der Waals surface area contributed by atoms with E-state index in [0.717, 1.165) is 19.3 Å². The summed E-state index contributed by atoms with van der Waals surface area (Å²) in [7, 11) is -0.430. The van der Waals surface area contributed by atoms with Gasteiger partial charge in [-0.05, 0) is 44.0 Å². The number of hydrogen-bond acceptors (Lipinski definition) is 4. The Kier molecular flexibility index (Phi) is 6.02. The molecule has 0 saturated carbocycles. The lowest BCUT2D eigenvalue weighted by atomic mass is 10.2. The summed E-state index contributed by atoms with van der Waals surface area (Å²) < 4.78 is 34.2. The summed E-state index contributed by atoms with van der Waals surface area (Å²) in [4.78, 5) is 12.9. The molecular formula is C19H24ClN3O4S. The Hall–Kier alpha value is -2.03. The van der Waals surface area contributed by atoms with Crippen LogP contribution in [0.15, 0.2) is 29.2 Å². The third kappa shape index (κ3) is 3.90. The molecule has 1 N–H and O–H groups in total. The number of nitrogens with zero attached hydrogens (tertiary/aromatic N) is 2. The van der Waals surface area contributed by atoms with Gasteiger partial charge in [0.2, 0.25) is 10.0 Å². The molecule has 9 heteroatoms. The second-order valence-corrected chi connectivity index (χ2v) is 9.12. The van der Waals surface area contributed by atoms with Crippen molar-refractivity contribution in [1.29, 1.82) is 0 Å². The van der Waals surface area contributed by atoms with E-state index in [-0.39, 0.29) is 10.6 Å². The predicted octanol–water partition coefficient (Wildman–Crippen LogP) is 3.42. The second-order valence-electron chi connectivity index (χ2n) is 6.81. The molecule has 7 nitrogen and oxygen atoms in total. The zero-order valence-electron chi connectivity index (χ0n) is 16.2. The maximum absolute atomic E-state index is 13.0. The number of ether oxygens (including phenoxy) is 1. The van der Waals surface area contributed by atoms with Crippen LogP contribution >= 0.6 is 11.6 Å². The minimum Gasteiger partial charge on any atom is -0.495 e. The van der Waals surface area contributed by atoms with Gasteiger partial charge in [-0.15, -0.1) is 0 Å². The topological polar surface area (TPSA) is 80.6 Å². The van der Waals surface area contributed by atoms with Crippen LogP contribution in [0, 0.1) is 6.92 Å². The zero-order chi connectivity index (χ0) is 20.5. The van der Waals surface area contributed by atoms with Crippen molar-refractivity contribution in [2.75, 3.05) is 25.5 Å². The molecule has 1 amide bonds. The number of nitrogens with one attached hydrogen (secondary N) is 1. The van der Waals surface area contributed by atoms with E-state index in [0.29, 0.717) is 35.2 Å². The molecule has 0 spiro atoms. The largest absolute Gasteiger partial charge is 0.495 e. The number of benzene rings is 1. The first-order valence-corrected chi connectivity index (χ1v) is 10.9. The number of sulfonamides is 1. The van der Waals surface area contributed by atoms with Crippen LogP contribution < -0.4 is 10.1 Å². The van der Waals surface area contributed by atoms with Crippen LogP contribution in [-0.4, -0.2) is 43.4 Å². The molecule has 0 atom stereocenters. The summed E-state index contributed by atoms with van der Waals surface area (Å²) in [6, 6.07) is 6.35. The van der Waals surface area contributed by atoms with Crippen molar-refractivity contribution in [2.45, 2.75) is 31.1 Å². The van der Waals surface area contributed by atoms with Gasteiger partial charge in [-0.3, -0.25) is 4.79 Å². The second kappa shape index (κ2) is 8.14. The molecule has 0 unspecified atom stereocenters. The van der Waals surface area contributed by atoms with Crippen LogP contribution in [0.4, 0.5) is 5.69 Å². The lowest BCUT2D eigenvalue weighted by Crippen LogP contribution is -2.35. The van der Waals surface area contributed by atoms with Crippen molar-refractivity contribution in [1.82, 2.24) is 8.87 Å². The third-order valence-electron chi connectivity index (χ3n) is 5.06. The van der Waals surface area contributed by atoms with Crippen LogP contribution in [0.1, 0.15) is 35.4 Å². The number of piperidine rings is 1. The Morgan fingerprint density at radius 1 is 1.18 bits per heavy atom. The first-order chi connectivity index (χ1) is 13.3. The minimum absolute atomic E-state index is 0.176. The summed E-state index contributed by atoms with van der Waals surface area (Å²) in [5, 5.41) is 3.13. The van der Waals surface area contributed by atoms with Gasteiger partial charge in [0.25, 0.3) is 5.91 Å². The van der Waals surface area contributed by atoms with Gasteiger partial charge in [0.05, 0.1) is 12.1 Å². The molecule has 1 saturated heterocycles. The zero-order valence-corrected chi connectivity index (χ0v) is 17.7. The Bertz CT molecular complexity index is 995. The first kappa shape index (κ1) is 20.7. The van der Waals surface area contributed by atoms with Crippen molar-refractivity contribution >= 4 is 33.2 Å². The fourth-order valence-electron chi connectivity index (χ4n) is 3.33. The van der Waals surface area contributed by atoms with Crippen LogP contribution in [0.3, 0.4) is 0 Å². The van der Waals surface area contributed by atoms with Gasteiger partial charge in [-0.25, -0.2) is 8.42 Å². The molecule has 2 aromatic rings. The number of halogens is 1.